The smallest absolute Gasteiger partial charge is 0.303 e. The summed E-state index contributed by atoms with van der Waals surface area (Å²) in [5, 5.41) is 8.78. The molecule has 0 saturated heterocycles. The molecule has 3 aromatic rings. The van der Waals surface area contributed by atoms with Crippen molar-refractivity contribution in [1.82, 2.24) is 4.72 Å². The molecule has 0 bridgehead atoms. The number of aryl methyl sites for hydroxylation is 1. The average molecular weight is 424 g/mol. The van der Waals surface area contributed by atoms with E-state index in [-0.39, 0.29) is 12.2 Å². The fourth-order valence-electron chi connectivity index (χ4n) is 3.31. The predicted molar refractivity (Wildman–Crippen MR) is 118 cm³/mol. The summed E-state index contributed by atoms with van der Waals surface area (Å²) >= 11 is 0. The maximum Gasteiger partial charge on any atom is 0.303 e. The Morgan fingerprint density at radius 3 is 1.97 bits per heavy atom. The third-order valence-electron chi connectivity index (χ3n) is 4.80. The Kier molecular flexibility index (Phi) is 7.38. The summed E-state index contributed by atoms with van der Waals surface area (Å²) in [6, 6.07) is 25.7. The van der Waals surface area contributed by atoms with E-state index >= 15 is 0 Å². The van der Waals surface area contributed by atoms with Crippen molar-refractivity contribution in [3.8, 4) is 0 Å². The first-order valence-corrected chi connectivity index (χ1v) is 11.5. The molecular formula is C24H25NO4S. The van der Waals surface area contributed by atoms with Crippen molar-refractivity contribution < 1.29 is 18.3 Å². The molecular weight excluding hydrogens is 398 g/mol. The van der Waals surface area contributed by atoms with Gasteiger partial charge in [0.1, 0.15) is 0 Å². The maximum absolute atomic E-state index is 12.9. The fraction of sp³-hybridized carbons (Fsp3) is 0.208. The van der Waals surface area contributed by atoms with Gasteiger partial charge >= 0.3 is 5.97 Å². The highest BCUT2D eigenvalue weighted by Gasteiger charge is 2.21. The van der Waals surface area contributed by atoms with E-state index in [1.165, 1.54) is 0 Å². The van der Waals surface area contributed by atoms with E-state index in [1.807, 2.05) is 72.8 Å². The van der Waals surface area contributed by atoms with E-state index in [9.17, 15) is 13.2 Å². The zero-order chi connectivity index (χ0) is 21.4. The van der Waals surface area contributed by atoms with Crippen molar-refractivity contribution >= 4 is 16.0 Å². The number of carboxylic acid groups (broad SMARTS) is 1. The SMILES string of the molecule is O=C(O)CCCc1ccc(C(NS(=O)(=O)Cc2ccccc2)c2ccccc2)cc1. The summed E-state index contributed by atoms with van der Waals surface area (Å²) in [6.45, 7) is 0. The van der Waals surface area contributed by atoms with Crippen molar-refractivity contribution in [1.29, 1.82) is 0 Å². The summed E-state index contributed by atoms with van der Waals surface area (Å²) in [6.07, 6.45) is 1.37. The summed E-state index contributed by atoms with van der Waals surface area (Å²) in [5.41, 5.74) is 3.44. The van der Waals surface area contributed by atoms with Crippen molar-refractivity contribution in [3.63, 3.8) is 0 Å². The monoisotopic (exact) mass is 423 g/mol. The number of benzene rings is 3. The van der Waals surface area contributed by atoms with Crippen LogP contribution in [0.5, 0.6) is 0 Å². The topological polar surface area (TPSA) is 83.5 Å². The van der Waals surface area contributed by atoms with Crippen LogP contribution in [-0.2, 0) is 27.0 Å². The normalized spacial score (nSPS) is 12.4. The molecule has 30 heavy (non-hydrogen) atoms. The maximum atomic E-state index is 12.9. The van der Waals surface area contributed by atoms with Crippen LogP contribution in [0.25, 0.3) is 0 Å². The molecule has 5 nitrogen and oxygen atoms in total. The molecule has 1 unspecified atom stereocenters. The summed E-state index contributed by atoms with van der Waals surface area (Å²) in [7, 11) is -3.58. The fourth-order valence-corrected chi connectivity index (χ4v) is 4.66. The average Bonchev–Trinajstić information content (AvgIpc) is 2.73. The van der Waals surface area contributed by atoms with Gasteiger partial charge in [0.15, 0.2) is 0 Å². The number of aliphatic carboxylic acids is 1. The number of carboxylic acids is 1. The van der Waals surface area contributed by atoms with Gasteiger partial charge in [-0.05, 0) is 35.1 Å². The number of rotatable bonds is 10. The van der Waals surface area contributed by atoms with Crippen molar-refractivity contribution in [3.05, 3.63) is 107 Å². The van der Waals surface area contributed by atoms with Gasteiger partial charge in [-0.15, -0.1) is 0 Å². The molecule has 6 heteroatoms. The molecule has 0 aliphatic rings. The second-order valence-corrected chi connectivity index (χ2v) is 8.95. The zero-order valence-electron chi connectivity index (χ0n) is 16.6. The van der Waals surface area contributed by atoms with Crippen LogP contribution in [0.15, 0.2) is 84.9 Å². The van der Waals surface area contributed by atoms with E-state index in [4.69, 9.17) is 5.11 Å². The van der Waals surface area contributed by atoms with E-state index < -0.39 is 22.0 Å². The molecule has 2 N–H and O–H groups in total. The molecule has 0 spiro atoms. The molecule has 0 heterocycles. The van der Waals surface area contributed by atoms with Gasteiger partial charge in [0, 0.05) is 6.42 Å². The van der Waals surface area contributed by atoms with E-state index in [0.717, 1.165) is 22.3 Å². The minimum Gasteiger partial charge on any atom is -0.481 e. The van der Waals surface area contributed by atoms with Crippen LogP contribution in [0.3, 0.4) is 0 Å². The van der Waals surface area contributed by atoms with Crippen molar-refractivity contribution in [2.24, 2.45) is 0 Å². The molecule has 156 valence electrons. The number of carbonyl (C=O) groups is 1. The van der Waals surface area contributed by atoms with Crippen LogP contribution in [0.2, 0.25) is 0 Å². The molecule has 0 amide bonds. The highest BCUT2D eigenvalue weighted by Crippen LogP contribution is 2.24. The third-order valence-corrected chi connectivity index (χ3v) is 6.11. The Labute approximate surface area is 177 Å². The lowest BCUT2D eigenvalue weighted by Crippen LogP contribution is -2.30. The van der Waals surface area contributed by atoms with Gasteiger partial charge in [-0.3, -0.25) is 4.79 Å². The van der Waals surface area contributed by atoms with Crippen LogP contribution < -0.4 is 4.72 Å². The highest BCUT2D eigenvalue weighted by molar-refractivity contribution is 7.88. The molecule has 0 fully saturated rings. The minimum atomic E-state index is -3.58. The Hall–Kier alpha value is -2.96. The quantitative estimate of drug-likeness (QED) is 0.509. The first kappa shape index (κ1) is 21.7. The lowest BCUT2D eigenvalue weighted by Gasteiger charge is -2.20. The van der Waals surface area contributed by atoms with Crippen LogP contribution >= 0.6 is 0 Å². The summed E-state index contributed by atoms with van der Waals surface area (Å²) in [4.78, 5) is 10.7. The van der Waals surface area contributed by atoms with Gasteiger partial charge in [0.25, 0.3) is 0 Å². The molecule has 1 atom stereocenters. The molecule has 0 aliphatic carbocycles. The van der Waals surface area contributed by atoms with Crippen molar-refractivity contribution in [2.45, 2.75) is 31.1 Å². The first-order valence-electron chi connectivity index (χ1n) is 9.82. The number of hydrogen-bond donors (Lipinski definition) is 2. The Balaban J connectivity index is 1.80. The molecule has 3 rings (SSSR count). The summed E-state index contributed by atoms with van der Waals surface area (Å²) < 4.78 is 28.6. The first-order chi connectivity index (χ1) is 14.4. The largest absolute Gasteiger partial charge is 0.481 e. The van der Waals surface area contributed by atoms with Gasteiger partial charge in [0.05, 0.1) is 11.8 Å². The van der Waals surface area contributed by atoms with Gasteiger partial charge in [-0.1, -0.05) is 84.9 Å². The van der Waals surface area contributed by atoms with Crippen LogP contribution in [-0.4, -0.2) is 19.5 Å². The van der Waals surface area contributed by atoms with E-state index in [1.54, 1.807) is 12.1 Å². The van der Waals surface area contributed by atoms with Gasteiger partial charge < -0.3 is 5.11 Å². The Morgan fingerprint density at radius 2 is 1.37 bits per heavy atom. The number of hydrogen-bond acceptors (Lipinski definition) is 3. The number of nitrogens with one attached hydrogen (secondary N) is 1. The lowest BCUT2D eigenvalue weighted by molar-refractivity contribution is -0.137. The molecule has 3 aromatic carbocycles. The second kappa shape index (κ2) is 10.2. The molecule has 0 aromatic heterocycles. The second-order valence-electron chi connectivity index (χ2n) is 7.20. The molecule has 0 aliphatic heterocycles. The zero-order valence-corrected chi connectivity index (χ0v) is 17.4. The van der Waals surface area contributed by atoms with Crippen LogP contribution in [0.1, 0.15) is 41.1 Å². The summed E-state index contributed by atoms with van der Waals surface area (Å²) in [5.74, 6) is -0.895. The van der Waals surface area contributed by atoms with E-state index in [0.29, 0.717) is 12.8 Å². The van der Waals surface area contributed by atoms with Gasteiger partial charge in [-0.2, -0.15) is 0 Å². The predicted octanol–water partition coefficient (Wildman–Crippen LogP) is 4.30. The molecule has 0 saturated carbocycles. The Bertz CT molecular complexity index is 1050. The standard InChI is InChI=1S/C24H25NO4S/c26-23(27)13-7-10-19-14-16-22(17-15-19)24(21-11-5-2-6-12-21)25-30(28,29)18-20-8-3-1-4-9-20/h1-6,8-9,11-12,14-17,24-25H,7,10,13,18H2,(H,26,27). The van der Waals surface area contributed by atoms with E-state index in [2.05, 4.69) is 4.72 Å². The molecule has 0 radical (unpaired) electrons. The van der Waals surface area contributed by atoms with Crippen LogP contribution in [0.4, 0.5) is 0 Å². The lowest BCUT2D eigenvalue weighted by atomic mass is 9.97. The Morgan fingerprint density at radius 1 is 0.800 bits per heavy atom. The van der Waals surface area contributed by atoms with Crippen molar-refractivity contribution in [2.75, 3.05) is 0 Å². The minimum absolute atomic E-state index is 0.0928. The van der Waals surface area contributed by atoms with Gasteiger partial charge in [0.2, 0.25) is 10.0 Å². The third kappa shape index (κ3) is 6.54. The highest BCUT2D eigenvalue weighted by atomic mass is 32.2. The van der Waals surface area contributed by atoms with Gasteiger partial charge in [-0.25, -0.2) is 13.1 Å². The number of sulfonamides is 1. The van der Waals surface area contributed by atoms with Crippen LogP contribution in [0, 0.1) is 0 Å².